The number of nitrogen functional groups attached to an aromatic ring is 2. The van der Waals surface area contributed by atoms with E-state index in [4.69, 9.17) is 16.9 Å². The van der Waals surface area contributed by atoms with Crippen molar-refractivity contribution in [3.8, 4) is 0 Å². The van der Waals surface area contributed by atoms with Crippen molar-refractivity contribution in [2.45, 2.75) is 13.8 Å². The number of anilines is 1. The zero-order valence-electron chi connectivity index (χ0n) is 7.18. The minimum absolute atomic E-state index is 0.0301. The maximum atomic E-state index is 7.25. The van der Waals surface area contributed by atoms with Crippen LogP contribution in [0.3, 0.4) is 0 Å². The highest BCUT2D eigenvalue weighted by Crippen LogP contribution is 2.14. The standard InChI is InChI=1S/C8H12N4/c1-4-3-5(2)12-8(11)6(4)7(9)10/h3H,1-2H3,(H3,9,10)(H2,11,12). The first kappa shape index (κ1) is 8.52. The van der Waals surface area contributed by atoms with Crippen molar-refractivity contribution in [3.05, 3.63) is 22.9 Å². The normalized spacial score (nSPS) is 9.83. The zero-order valence-corrected chi connectivity index (χ0v) is 7.18. The van der Waals surface area contributed by atoms with Gasteiger partial charge in [0.25, 0.3) is 0 Å². The Labute approximate surface area is 71.1 Å². The molecule has 0 aromatic carbocycles. The number of nitrogens with two attached hydrogens (primary N) is 2. The van der Waals surface area contributed by atoms with E-state index in [-0.39, 0.29) is 5.84 Å². The molecule has 1 aromatic heterocycles. The third kappa shape index (κ3) is 1.37. The molecule has 0 aliphatic rings. The second kappa shape index (κ2) is 2.81. The minimum atomic E-state index is -0.0301. The Bertz CT molecular complexity index is 307. The van der Waals surface area contributed by atoms with Gasteiger partial charge in [0.05, 0.1) is 5.56 Å². The lowest BCUT2D eigenvalue weighted by Gasteiger charge is -2.07. The lowest BCUT2D eigenvalue weighted by atomic mass is 10.1. The van der Waals surface area contributed by atoms with Crippen molar-refractivity contribution in [2.24, 2.45) is 5.73 Å². The Balaban J connectivity index is 3.38. The van der Waals surface area contributed by atoms with Crippen molar-refractivity contribution in [3.63, 3.8) is 0 Å². The van der Waals surface area contributed by atoms with Gasteiger partial charge >= 0.3 is 0 Å². The Hall–Kier alpha value is -1.58. The lowest BCUT2D eigenvalue weighted by Crippen LogP contribution is -2.16. The highest BCUT2D eigenvalue weighted by molar-refractivity contribution is 6.00. The number of aromatic nitrogens is 1. The molecular weight excluding hydrogens is 152 g/mol. The van der Waals surface area contributed by atoms with Crippen LogP contribution in [-0.4, -0.2) is 10.8 Å². The van der Waals surface area contributed by atoms with Gasteiger partial charge in [-0.25, -0.2) is 4.98 Å². The van der Waals surface area contributed by atoms with E-state index < -0.39 is 0 Å². The van der Waals surface area contributed by atoms with Gasteiger partial charge in [-0.15, -0.1) is 0 Å². The first-order valence-electron chi connectivity index (χ1n) is 3.60. The minimum Gasteiger partial charge on any atom is -0.384 e. The maximum Gasteiger partial charge on any atom is 0.134 e. The summed E-state index contributed by atoms with van der Waals surface area (Å²) in [6.07, 6.45) is 0. The number of amidine groups is 1. The molecule has 0 amide bonds. The fourth-order valence-corrected chi connectivity index (χ4v) is 1.22. The monoisotopic (exact) mass is 164 g/mol. The summed E-state index contributed by atoms with van der Waals surface area (Å²) in [6, 6.07) is 1.85. The van der Waals surface area contributed by atoms with E-state index in [0.29, 0.717) is 11.4 Å². The van der Waals surface area contributed by atoms with Crippen LogP contribution in [0.5, 0.6) is 0 Å². The van der Waals surface area contributed by atoms with Gasteiger partial charge in [-0.05, 0) is 25.5 Å². The largest absolute Gasteiger partial charge is 0.384 e. The number of aryl methyl sites for hydroxylation is 2. The van der Waals surface area contributed by atoms with Gasteiger partial charge in [0, 0.05) is 5.69 Å². The summed E-state index contributed by atoms with van der Waals surface area (Å²) in [5.41, 5.74) is 13.2. The molecule has 0 spiro atoms. The average molecular weight is 164 g/mol. The number of rotatable bonds is 1. The van der Waals surface area contributed by atoms with E-state index >= 15 is 0 Å². The molecule has 5 N–H and O–H groups in total. The van der Waals surface area contributed by atoms with Crippen LogP contribution < -0.4 is 11.5 Å². The topological polar surface area (TPSA) is 88.8 Å². The van der Waals surface area contributed by atoms with Gasteiger partial charge in [0.1, 0.15) is 11.7 Å². The van der Waals surface area contributed by atoms with Gasteiger partial charge < -0.3 is 11.5 Å². The van der Waals surface area contributed by atoms with Gasteiger partial charge in [-0.3, -0.25) is 5.41 Å². The first-order valence-corrected chi connectivity index (χ1v) is 3.60. The van der Waals surface area contributed by atoms with Crippen molar-refractivity contribution in [1.82, 2.24) is 4.98 Å². The summed E-state index contributed by atoms with van der Waals surface area (Å²) in [5, 5.41) is 7.25. The van der Waals surface area contributed by atoms with Crippen molar-refractivity contribution < 1.29 is 0 Å². The third-order valence-corrected chi connectivity index (χ3v) is 1.64. The van der Waals surface area contributed by atoms with Gasteiger partial charge in [0.2, 0.25) is 0 Å². The summed E-state index contributed by atoms with van der Waals surface area (Å²) in [6.45, 7) is 3.72. The van der Waals surface area contributed by atoms with Crippen molar-refractivity contribution >= 4 is 11.7 Å². The summed E-state index contributed by atoms with van der Waals surface area (Å²) in [5.74, 6) is 0.303. The molecule has 0 unspecified atom stereocenters. The van der Waals surface area contributed by atoms with Crippen LogP contribution in [0.4, 0.5) is 5.82 Å². The molecule has 0 saturated heterocycles. The maximum absolute atomic E-state index is 7.25. The summed E-state index contributed by atoms with van der Waals surface area (Å²) < 4.78 is 0. The summed E-state index contributed by atoms with van der Waals surface area (Å²) >= 11 is 0. The van der Waals surface area contributed by atoms with Gasteiger partial charge in [-0.2, -0.15) is 0 Å². The number of pyridine rings is 1. The molecular formula is C8H12N4. The molecule has 1 heterocycles. The molecule has 1 rings (SSSR count). The Morgan fingerprint density at radius 3 is 2.50 bits per heavy atom. The van der Waals surface area contributed by atoms with Crippen LogP contribution in [0.15, 0.2) is 6.07 Å². The second-order valence-electron chi connectivity index (χ2n) is 2.75. The number of nitrogens with one attached hydrogen (secondary N) is 1. The lowest BCUT2D eigenvalue weighted by molar-refractivity contribution is 1.17. The average Bonchev–Trinajstić information content (AvgIpc) is 1.82. The van der Waals surface area contributed by atoms with E-state index in [1.807, 2.05) is 19.9 Å². The molecule has 0 aliphatic carbocycles. The highest BCUT2D eigenvalue weighted by atomic mass is 14.9. The molecule has 1 aromatic rings. The molecule has 0 aliphatic heterocycles. The Morgan fingerprint density at radius 1 is 1.50 bits per heavy atom. The second-order valence-corrected chi connectivity index (χ2v) is 2.75. The van der Waals surface area contributed by atoms with E-state index in [2.05, 4.69) is 4.98 Å². The predicted molar refractivity (Wildman–Crippen MR) is 49.1 cm³/mol. The molecule has 0 atom stereocenters. The van der Waals surface area contributed by atoms with E-state index in [0.717, 1.165) is 11.3 Å². The number of hydrogen-bond donors (Lipinski definition) is 3. The Morgan fingerprint density at radius 2 is 2.08 bits per heavy atom. The molecule has 0 bridgehead atoms. The van der Waals surface area contributed by atoms with Gasteiger partial charge in [-0.1, -0.05) is 0 Å². The van der Waals surface area contributed by atoms with Gasteiger partial charge in [0.15, 0.2) is 0 Å². The summed E-state index contributed by atoms with van der Waals surface area (Å²) in [7, 11) is 0. The molecule has 0 saturated carbocycles. The fraction of sp³-hybridized carbons (Fsp3) is 0.250. The van der Waals surface area contributed by atoms with Crippen molar-refractivity contribution in [2.75, 3.05) is 5.73 Å². The first-order chi connectivity index (χ1) is 5.52. The zero-order chi connectivity index (χ0) is 9.30. The SMILES string of the molecule is Cc1cc(C)c(C(=N)N)c(N)n1. The number of nitrogens with zero attached hydrogens (tertiary/aromatic N) is 1. The van der Waals surface area contributed by atoms with Crippen molar-refractivity contribution in [1.29, 1.82) is 5.41 Å². The molecule has 64 valence electrons. The van der Waals surface area contributed by atoms with Crippen LogP contribution in [0, 0.1) is 19.3 Å². The molecule has 4 heteroatoms. The van der Waals surface area contributed by atoms with E-state index in [1.54, 1.807) is 0 Å². The van der Waals surface area contributed by atoms with Crippen LogP contribution >= 0.6 is 0 Å². The van der Waals surface area contributed by atoms with Crippen LogP contribution in [0.1, 0.15) is 16.8 Å². The quantitative estimate of drug-likeness (QED) is 0.418. The summed E-state index contributed by atoms with van der Waals surface area (Å²) in [4.78, 5) is 4.01. The molecule has 4 nitrogen and oxygen atoms in total. The fourth-order valence-electron chi connectivity index (χ4n) is 1.22. The Kier molecular flexibility index (Phi) is 1.99. The molecule has 12 heavy (non-hydrogen) atoms. The van der Waals surface area contributed by atoms with Crippen LogP contribution in [0.2, 0.25) is 0 Å². The molecule has 0 fully saturated rings. The van der Waals surface area contributed by atoms with E-state index in [1.165, 1.54) is 0 Å². The smallest absolute Gasteiger partial charge is 0.134 e. The predicted octanol–water partition coefficient (Wildman–Crippen LogP) is 0.565. The number of hydrogen-bond acceptors (Lipinski definition) is 3. The van der Waals surface area contributed by atoms with Crippen LogP contribution in [-0.2, 0) is 0 Å². The van der Waals surface area contributed by atoms with Crippen LogP contribution in [0.25, 0.3) is 0 Å². The molecule has 0 radical (unpaired) electrons. The third-order valence-electron chi connectivity index (χ3n) is 1.64. The highest BCUT2D eigenvalue weighted by Gasteiger charge is 2.07. The van der Waals surface area contributed by atoms with E-state index in [9.17, 15) is 0 Å².